The van der Waals surface area contributed by atoms with Crippen molar-refractivity contribution in [2.45, 2.75) is 13.8 Å². The maximum atomic E-state index is 12.2. The second-order valence-electron chi connectivity index (χ2n) is 4.41. The molecule has 1 aromatic carbocycles. The number of carbonyl (C=O) groups is 3. The molecule has 1 aliphatic carbocycles. The number of carbonyl (C=O) groups excluding carboxylic acids is 3. The van der Waals surface area contributed by atoms with Crippen molar-refractivity contribution in [2.24, 2.45) is 0 Å². The predicted molar refractivity (Wildman–Crippen MR) is 76.3 cm³/mol. The number of ketones is 2. The molecule has 0 amide bonds. The Bertz CT molecular complexity index is 688. The van der Waals surface area contributed by atoms with Crippen molar-refractivity contribution < 1.29 is 23.9 Å². The van der Waals surface area contributed by atoms with Crippen LogP contribution in [0.25, 0.3) is 0 Å². The molecular formula is C15H13ClO5. The van der Waals surface area contributed by atoms with Crippen LogP contribution in [0.15, 0.2) is 17.2 Å². The monoisotopic (exact) mass is 308 g/mol. The van der Waals surface area contributed by atoms with Crippen molar-refractivity contribution in [1.29, 1.82) is 0 Å². The minimum Gasteiger partial charge on any atom is -0.496 e. The topological polar surface area (TPSA) is 69.7 Å². The fraction of sp³-hybridized carbons (Fsp3) is 0.267. The fourth-order valence-electron chi connectivity index (χ4n) is 2.27. The van der Waals surface area contributed by atoms with Gasteiger partial charge in [0, 0.05) is 17.2 Å². The summed E-state index contributed by atoms with van der Waals surface area (Å²) in [6, 6.07) is 1.37. The van der Waals surface area contributed by atoms with Crippen LogP contribution in [0.2, 0.25) is 0 Å². The maximum Gasteiger partial charge on any atom is 0.342 e. The van der Waals surface area contributed by atoms with Crippen LogP contribution in [-0.4, -0.2) is 31.3 Å². The van der Waals surface area contributed by atoms with Gasteiger partial charge in [0.15, 0.2) is 5.78 Å². The molecule has 0 saturated heterocycles. The van der Waals surface area contributed by atoms with E-state index < -0.39 is 17.5 Å². The van der Waals surface area contributed by atoms with Gasteiger partial charge in [0.2, 0.25) is 5.78 Å². The van der Waals surface area contributed by atoms with Crippen molar-refractivity contribution in [3.8, 4) is 5.75 Å². The molecule has 5 nitrogen and oxygen atoms in total. The van der Waals surface area contributed by atoms with Crippen LogP contribution in [-0.2, 0) is 4.74 Å². The van der Waals surface area contributed by atoms with E-state index in [1.54, 1.807) is 13.8 Å². The maximum absolute atomic E-state index is 12.2. The summed E-state index contributed by atoms with van der Waals surface area (Å²) in [5, 5.41) is -0.171. The number of allylic oxidation sites excluding steroid dienone is 2. The lowest BCUT2D eigenvalue weighted by Gasteiger charge is -2.19. The highest BCUT2D eigenvalue weighted by Crippen LogP contribution is 2.34. The third kappa shape index (κ3) is 2.45. The Morgan fingerprint density at radius 1 is 1.33 bits per heavy atom. The molecule has 0 heterocycles. The van der Waals surface area contributed by atoms with E-state index in [2.05, 4.69) is 0 Å². The van der Waals surface area contributed by atoms with E-state index in [1.165, 1.54) is 13.2 Å². The first-order valence-corrected chi connectivity index (χ1v) is 6.65. The number of esters is 1. The standard InChI is InChI=1S/C15H13ClO5/c1-4-21-15(19)13-7(2)12-8(5-11(13)20-3)10(17)6-9(16)14(12)18/h5-6H,4H2,1-3H3. The van der Waals surface area contributed by atoms with Crippen LogP contribution in [0.1, 0.15) is 43.6 Å². The molecule has 6 heteroatoms. The first-order valence-electron chi connectivity index (χ1n) is 6.27. The summed E-state index contributed by atoms with van der Waals surface area (Å²) in [5.74, 6) is -1.30. The van der Waals surface area contributed by atoms with Gasteiger partial charge in [0.1, 0.15) is 11.3 Å². The van der Waals surface area contributed by atoms with Crippen LogP contribution in [0.3, 0.4) is 0 Å². The van der Waals surface area contributed by atoms with Gasteiger partial charge >= 0.3 is 5.97 Å². The van der Waals surface area contributed by atoms with Crippen LogP contribution in [0, 0.1) is 6.92 Å². The molecule has 110 valence electrons. The van der Waals surface area contributed by atoms with E-state index in [1.807, 2.05) is 0 Å². The molecule has 1 aromatic rings. The molecule has 0 spiro atoms. The summed E-state index contributed by atoms with van der Waals surface area (Å²) in [7, 11) is 1.38. The van der Waals surface area contributed by atoms with Crippen LogP contribution in [0.4, 0.5) is 0 Å². The molecule has 0 bridgehead atoms. The lowest BCUT2D eigenvalue weighted by molar-refractivity contribution is 0.0521. The van der Waals surface area contributed by atoms with E-state index in [0.29, 0.717) is 5.56 Å². The summed E-state index contributed by atoms with van der Waals surface area (Å²) < 4.78 is 10.1. The Morgan fingerprint density at radius 2 is 2.00 bits per heavy atom. The SMILES string of the molecule is CCOC(=O)c1c(OC)cc2c(c1C)C(=O)C(Cl)=CC2=O. The highest BCUT2D eigenvalue weighted by Gasteiger charge is 2.31. The Hall–Kier alpha value is -2.14. The number of benzene rings is 1. The molecule has 0 radical (unpaired) electrons. The quantitative estimate of drug-likeness (QED) is 0.803. The van der Waals surface area contributed by atoms with Gasteiger partial charge in [-0.2, -0.15) is 0 Å². The highest BCUT2D eigenvalue weighted by atomic mass is 35.5. The summed E-state index contributed by atoms with van der Waals surface area (Å²) in [5.41, 5.74) is 0.751. The van der Waals surface area contributed by atoms with Crippen molar-refractivity contribution in [3.63, 3.8) is 0 Å². The largest absolute Gasteiger partial charge is 0.496 e. The molecular weight excluding hydrogens is 296 g/mol. The van der Waals surface area contributed by atoms with Gasteiger partial charge in [-0.25, -0.2) is 4.79 Å². The number of ether oxygens (including phenoxy) is 2. The molecule has 21 heavy (non-hydrogen) atoms. The number of methoxy groups -OCH3 is 1. The van der Waals surface area contributed by atoms with E-state index in [9.17, 15) is 14.4 Å². The van der Waals surface area contributed by atoms with Gasteiger partial charge in [-0.1, -0.05) is 11.6 Å². The minimum absolute atomic E-state index is 0.122. The smallest absolute Gasteiger partial charge is 0.342 e. The van der Waals surface area contributed by atoms with E-state index >= 15 is 0 Å². The zero-order valence-electron chi connectivity index (χ0n) is 11.8. The van der Waals surface area contributed by atoms with E-state index in [-0.39, 0.29) is 34.1 Å². The van der Waals surface area contributed by atoms with E-state index in [4.69, 9.17) is 21.1 Å². The van der Waals surface area contributed by atoms with Gasteiger partial charge < -0.3 is 9.47 Å². The Labute approximate surface area is 126 Å². The fourth-order valence-corrected chi connectivity index (χ4v) is 2.46. The van der Waals surface area contributed by atoms with Crippen molar-refractivity contribution >= 4 is 29.1 Å². The van der Waals surface area contributed by atoms with Crippen LogP contribution in [0.5, 0.6) is 5.75 Å². The third-order valence-electron chi connectivity index (χ3n) is 3.21. The van der Waals surface area contributed by atoms with Crippen LogP contribution >= 0.6 is 11.6 Å². The number of hydrogen-bond donors (Lipinski definition) is 0. The minimum atomic E-state index is -0.611. The lowest BCUT2D eigenvalue weighted by Crippen LogP contribution is -2.20. The number of fused-ring (bicyclic) bond motifs is 1. The number of halogens is 1. The van der Waals surface area contributed by atoms with Crippen molar-refractivity contribution in [3.05, 3.63) is 39.4 Å². The predicted octanol–water partition coefficient (Wildman–Crippen LogP) is 2.68. The van der Waals surface area contributed by atoms with Gasteiger partial charge in [0.05, 0.1) is 18.7 Å². The zero-order chi connectivity index (χ0) is 15.7. The Balaban J connectivity index is 2.75. The molecule has 0 aliphatic heterocycles. The van der Waals surface area contributed by atoms with Gasteiger partial charge in [-0.15, -0.1) is 0 Å². The number of Topliss-reactive ketones (excluding diaryl/α,β-unsaturated/α-hetero) is 1. The summed E-state index contributed by atoms with van der Waals surface area (Å²) in [6.07, 6.45) is 1.06. The van der Waals surface area contributed by atoms with Crippen molar-refractivity contribution in [2.75, 3.05) is 13.7 Å². The van der Waals surface area contributed by atoms with Gasteiger partial charge in [-0.05, 0) is 25.5 Å². The van der Waals surface area contributed by atoms with Crippen LogP contribution < -0.4 is 4.74 Å². The Morgan fingerprint density at radius 3 is 2.57 bits per heavy atom. The molecule has 0 saturated carbocycles. The Kier molecular flexibility index (Phi) is 4.14. The molecule has 0 unspecified atom stereocenters. The van der Waals surface area contributed by atoms with Gasteiger partial charge in [0.25, 0.3) is 0 Å². The zero-order valence-corrected chi connectivity index (χ0v) is 12.5. The highest BCUT2D eigenvalue weighted by molar-refractivity contribution is 6.49. The van der Waals surface area contributed by atoms with E-state index in [0.717, 1.165) is 6.08 Å². The third-order valence-corrected chi connectivity index (χ3v) is 3.49. The summed E-state index contributed by atoms with van der Waals surface area (Å²) in [4.78, 5) is 36.2. The molecule has 0 fully saturated rings. The lowest BCUT2D eigenvalue weighted by atomic mass is 9.87. The number of rotatable bonds is 3. The molecule has 1 aliphatic rings. The second-order valence-corrected chi connectivity index (χ2v) is 4.81. The second kappa shape index (κ2) is 5.69. The first kappa shape index (κ1) is 15.3. The average Bonchev–Trinajstić information content (AvgIpc) is 2.44. The molecule has 0 aromatic heterocycles. The van der Waals surface area contributed by atoms with Gasteiger partial charge in [-0.3, -0.25) is 9.59 Å². The summed E-state index contributed by atoms with van der Waals surface area (Å²) >= 11 is 5.77. The molecule has 0 N–H and O–H groups in total. The van der Waals surface area contributed by atoms with Crippen molar-refractivity contribution in [1.82, 2.24) is 0 Å². The average molecular weight is 309 g/mol. The number of hydrogen-bond acceptors (Lipinski definition) is 5. The normalized spacial score (nSPS) is 13.6. The molecule has 0 atom stereocenters. The summed E-state index contributed by atoms with van der Waals surface area (Å²) in [6.45, 7) is 3.42. The first-order chi connectivity index (χ1) is 9.92. The molecule has 2 rings (SSSR count).